The van der Waals surface area contributed by atoms with Crippen LogP contribution in [0.3, 0.4) is 0 Å². The Morgan fingerprint density at radius 1 is 0.943 bits per heavy atom. The standard InChI is InChI=1S/C27H30N4O3S/c1-5-30(35(33,34)23-16-15-20-11-9-10-12-21(20)17-23)19-26(32)28-25-18-24(27(2,3)4)29-31(25)22-13-7-6-8-14-22/h6-18H,5,19H2,1-4H3,(H,28,32). The monoisotopic (exact) mass is 490 g/mol. The van der Waals surface area contributed by atoms with Crippen LogP contribution >= 0.6 is 0 Å². The lowest BCUT2D eigenvalue weighted by Crippen LogP contribution is -2.38. The van der Waals surface area contributed by atoms with Gasteiger partial charge < -0.3 is 5.32 Å². The lowest BCUT2D eigenvalue weighted by atomic mass is 9.92. The lowest BCUT2D eigenvalue weighted by Gasteiger charge is -2.20. The number of likely N-dealkylation sites (N-methyl/N-ethyl adjacent to an activating group) is 1. The summed E-state index contributed by atoms with van der Waals surface area (Å²) in [5.41, 5.74) is 1.39. The maximum Gasteiger partial charge on any atom is 0.243 e. The van der Waals surface area contributed by atoms with Crippen LogP contribution < -0.4 is 5.32 Å². The molecule has 0 aliphatic heterocycles. The van der Waals surface area contributed by atoms with Crippen LogP contribution in [-0.4, -0.2) is 41.5 Å². The van der Waals surface area contributed by atoms with Gasteiger partial charge in [0, 0.05) is 18.0 Å². The van der Waals surface area contributed by atoms with Crippen molar-refractivity contribution in [2.24, 2.45) is 0 Å². The molecule has 1 N–H and O–H groups in total. The van der Waals surface area contributed by atoms with Gasteiger partial charge in [0.1, 0.15) is 5.82 Å². The summed E-state index contributed by atoms with van der Waals surface area (Å²) < 4.78 is 29.5. The van der Waals surface area contributed by atoms with Crippen LogP contribution in [0, 0.1) is 0 Å². The fourth-order valence-corrected chi connectivity index (χ4v) is 5.23. The zero-order valence-corrected chi connectivity index (χ0v) is 21.2. The predicted molar refractivity (Wildman–Crippen MR) is 139 cm³/mol. The second kappa shape index (κ2) is 9.64. The molecule has 1 amide bonds. The Hall–Kier alpha value is -3.49. The van der Waals surface area contributed by atoms with Crippen molar-refractivity contribution in [1.82, 2.24) is 14.1 Å². The number of nitrogens with zero attached hydrogens (tertiary/aromatic N) is 3. The van der Waals surface area contributed by atoms with Crippen molar-refractivity contribution >= 4 is 32.5 Å². The average molecular weight is 491 g/mol. The largest absolute Gasteiger partial charge is 0.309 e. The zero-order valence-electron chi connectivity index (χ0n) is 20.4. The van der Waals surface area contributed by atoms with Gasteiger partial charge in [-0.05, 0) is 35.0 Å². The van der Waals surface area contributed by atoms with Gasteiger partial charge in [0.05, 0.1) is 22.8 Å². The first-order valence-corrected chi connectivity index (χ1v) is 13.0. The molecule has 0 spiro atoms. The average Bonchev–Trinajstić information content (AvgIpc) is 3.27. The van der Waals surface area contributed by atoms with E-state index < -0.39 is 15.9 Å². The van der Waals surface area contributed by atoms with Gasteiger partial charge in [-0.3, -0.25) is 4.79 Å². The fraction of sp³-hybridized carbons (Fsp3) is 0.259. The molecular formula is C27H30N4O3S. The molecule has 3 aromatic carbocycles. The highest BCUT2D eigenvalue weighted by Crippen LogP contribution is 2.27. The highest BCUT2D eigenvalue weighted by Gasteiger charge is 2.27. The molecule has 0 radical (unpaired) electrons. The second-order valence-corrected chi connectivity index (χ2v) is 11.3. The Kier molecular flexibility index (Phi) is 6.78. The lowest BCUT2D eigenvalue weighted by molar-refractivity contribution is -0.116. The number of aromatic nitrogens is 2. The topological polar surface area (TPSA) is 84.3 Å². The number of hydrogen-bond acceptors (Lipinski definition) is 4. The Morgan fingerprint density at radius 3 is 2.26 bits per heavy atom. The van der Waals surface area contributed by atoms with Gasteiger partial charge in [-0.15, -0.1) is 0 Å². The Labute approximate surface area is 206 Å². The molecule has 0 aliphatic rings. The van der Waals surface area contributed by atoms with E-state index in [2.05, 4.69) is 5.32 Å². The summed E-state index contributed by atoms with van der Waals surface area (Å²) in [7, 11) is -3.86. The molecule has 1 aromatic heterocycles. The van der Waals surface area contributed by atoms with Crippen molar-refractivity contribution in [1.29, 1.82) is 0 Å². The van der Waals surface area contributed by atoms with Crippen molar-refractivity contribution in [2.45, 2.75) is 38.0 Å². The van der Waals surface area contributed by atoms with E-state index in [1.165, 1.54) is 4.31 Å². The third-order valence-corrected chi connectivity index (χ3v) is 7.69. The molecule has 4 aromatic rings. The third-order valence-electron chi connectivity index (χ3n) is 5.78. The van der Waals surface area contributed by atoms with Gasteiger partial charge in [-0.2, -0.15) is 9.40 Å². The summed E-state index contributed by atoms with van der Waals surface area (Å²) in [4.78, 5) is 13.2. The quantitative estimate of drug-likeness (QED) is 0.396. The van der Waals surface area contributed by atoms with Crippen LogP contribution in [-0.2, 0) is 20.2 Å². The number of sulfonamides is 1. The second-order valence-electron chi connectivity index (χ2n) is 9.40. The van der Waals surface area contributed by atoms with Crippen molar-refractivity contribution in [2.75, 3.05) is 18.4 Å². The highest BCUT2D eigenvalue weighted by atomic mass is 32.2. The first kappa shape index (κ1) is 24.6. The van der Waals surface area contributed by atoms with E-state index in [1.54, 1.807) is 29.8 Å². The van der Waals surface area contributed by atoms with Crippen LogP contribution in [0.15, 0.2) is 83.8 Å². The summed E-state index contributed by atoms with van der Waals surface area (Å²) >= 11 is 0. The van der Waals surface area contributed by atoms with E-state index in [4.69, 9.17) is 5.10 Å². The van der Waals surface area contributed by atoms with Crippen LogP contribution in [0.4, 0.5) is 5.82 Å². The van der Waals surface area contributed by atoms with Crippen molar-refractivity contribution in [3.63, 3.8) is 0 Å². The first-order chi connectivity index (χ1) is 16.6. The van der Waals surface area contributed by atoms with Crippen LogP contribution in [0.1, 0.15) is 33.4 Å². The van der Waals surface area contributed by atoms with Gasteiger partial charge in [-0.1, -0.05) is 76.2 Å². The number of fused-ring (bicyclic) bond motifs is 1. The van der Waals surface area contributed by atoms with Crippen molar-refractivity contribution in [3.8, 4) is 5.69 Å². The number of carbonyl (C=O) groups is 1. The molecule has 7 nitrogen and oxygen atoms in total. The summed E-state index contributed by atoms with van der Waals surface area (Å²) in [6, 6.07) is 23.9. The van der Waals surface area contributed by atoms with Gasteiger partial charge >= 0.3 is 0 Å². The molecule has 0 saturated carbocycles. The van der Waals surface area contributed by atoms with E-state index in [0.29, 0.717) is 5.82 Å². The number of rotatable bonds is 7. The minimum absolute atomic E-state index is 0.160. The van der Waals surface area contributed by atoms with E-state index >= 15 is 0 Å². The molecule has 0 saturated heterocycles. The normalized spacial score (nSPS) is 12.3. The van der Waals surface area contributed by atoms with Gasteiger partial charge in [0.25, 0.3) is 0 Å². The molecule has 4 rings (SSSR count). The van der Waals surface area contributed by atoms with Crippen molar-refractivity contribution < 1.29 is 13.2 Å². The minimum atomic E-state index is -3.86. The maximum atomic E-state index is 13.3. The van der Waals surface area contributed by atoms with Crippen molar-refractivity contribution in [3.05, 3.63) is 84.6 Å². The van der Waals surface area contributed by atoms with Crippen LogP contribution in [0.25, 0.3) is 16.5 Å². The zero-order chi connectivity index (χ0) is 25.2. The molecule has 8 heteroatoms. The summed E-state index contributed by atoms with van der Waals surface area (Å²) in [5.74, 6) is 0.0547. The fourth-order valence-electron chi connectivity index (χ4n) is 3.79. The smallest absolute Gasteiger partial charge is 0.243 e. The molecule has 0 unspecified atom stereocenters. The minimum Gasteiger partial charge on any atom is -0.309 e. The van der Waals surface area contributed by atoms with E-state index in [0.717, 1.165) is 22.2 Å². The Morgan fingerprint density at radius 2 is 1.60 bits per heavy atom. The highest BCUT2D eigenvalue weighted by molar-refractivity contribution is 7.89. The molecule has 35 heavy (non-hydrogen) atoms. The molecule has 0 aliphatic carbocycles. The van der Waals surface area contributed by atoms with Gasteiger partial charge in [-0.25, -0.2) is 13.1 Å². The summed E-state index contributed by atoms with van der Waals surface area (Å²) in [5, 5.41) is 9.36. The maximum absolute atomic E-state index is 13.3. The predicted octanol–water partition coefficient (Wildman–Crippen LogP) is 4.97. The number of anilines is 1. The summed E-state index contributed by atoms with van der Waals surface area (Å²) in [6.45, 7) is 7.71. The number of carbonyl (C=O) groups excluding carboxylic acids is 1. The van der Waals surface area contributed by atoms with E-state index in [9.17, 15) is 13.2 Å². The van der Waals surface area contributed by atoms with E-state index in [-0.39, 0.29) is 23.4 Å². The SMILES string of the molecule is CCN(CC(=O)Nc1cc(C(C)(C)C)nn1-c1ccccc1)S(=O)(=O)c1ccc2ccccc2c1. The van der Waals surface area contributed by atoms with Gasteiger partial charge in [0.15, 0.2) is 0 Å². The first-order valence-electron chi connectivity index (χ1n) is 11.5. The molecular weight excluding hydrogens is 460 g/mol. The number of hydrogen-bond donors (Lipinski definition) is 1. The number of amides is 1. The van der Waals surface area contributed by atoms with Crippen LogP contribution in [0.2, 0.25) is 0 Å². The Balaban J connectivity index is 1.59. The number of para-hydroxylation sites is 1. The molecule has 182 valence electrons. The van der Waals surface area contributed by atoms with E-state index in [1.807, 2.05) is 81.4 Å². The molecule has 0 atom stereocenters. The number of benzene rings is 3. The molecule has 0 bridgehead atoms. The van der Waals surface area contributed by atoms with Gasteiger partial charge in [0.2, 0.25) is 15.9 Å². The molecule has 0 fully saturated rings. The Bertz CT molecular complexity index is 1450. The summed E-state index contributed by atoms with van der Waals surface area (Å²) in [6.07, 6.45) is 0. The molecule has 1 heterocycles. The third kappa shape index (κ3) is 5.28. The van der Waals surface area contributed by atoms with Crippen LogP contribution in [0.5, 0.6) is 0 Å². The number of nitrogens with one attached hydrogen (secondary N) is 1.